The highest BCUT2D eigenvalue weighted by Crippen LogP contribution is 2.37. The summed E-state index contributed by atoms with van der Waals surface area (Å²) in [6, 6.07) is 9.52. The third kappa shape index (κ3) is 2.57. The van der Waals surface area contributed by atoms with Crippen LogP contribution in [0.25, 0.3) is 0 Å². The standard InChI is InChI=1S/C15H14ClFO3/c1-19-11-7-4-6-10(16)13(11)15(18)9-5-3-8-12(20-2)14(9)17/h3-8,15,18H,1-2H3. The van der Waals surface area contributed by atoms with Crippen LogP contribution >= 0.6 is 11.6 Å². The Kier molecular flexibility index (Phi) is 4.47. The summed E-state index contributed by atoms with van der Waals surface area (Å²) < 4.78 is 24.3. The van der Waals surface area contributed by atoms with Gasteiger partial charge in [-0.25, -0.2) is 4.39 Å². The van der Waals surface area contributed by atoms with Crippen molar-refractivity contribution in [3.63, 3.8) is 0 Å². The summed E-state index contributed by atoms with van der Waals surface area (Å²) >= 11 is 6.09. The Morgan fingerprint density at radius 2 is 1.65 bits per heavy atom. The zero-order valence-electron chi connectivity index (χ0n) is 11.1. The van der Waals surface area contributed by atoms with E-state index in [0.717, 1.165) is 0 Å². The molecule has 3 nitrogen and oxygen atoms in total. The molecule has 5 heteroatoms. The third-order valence-corrected chi connectivity index (χ3v) is 3.34. The van der Waals surface area contributed by atoms with Gasteiger partial charge < -0.3 is 14.6 Å². The summed E-state index contributed by atoms with van der Waals surface area (Å²) in [7, 11) is 2.83. The van der Waals surface area contributed by atoms with Crippen molar-refractivity contribution in [1.29, 1.82) is 0 Å². The molecule has 2 rings (SSSR count). The molecule has 0 fully saturated rings. The van der Waals surface area contributed by atoms with Gasteiger partial charge in [-0.1, -0.05) is 29.8 Å². The van der Waals surface area contributed by atoms with Crippen LogP contribution in [0.1, 0.15) is 17.2 Å². The van der Waals surface area contributed by atoms with E-state index in [9.17, 15) is 9.50 Å². The average Bonchev–Trinajstić information content (AvgIpc) is 2.46. The predicted molar refractivity (Wildman–Crippen MR) is 75.0 cm³/mol. The van der Waals surface area contributed by atoms with Crippen molar-refractivity contribution in [2.24, 2.45) is 0 Å². The predicted octanol–water partition coefficient (Wildman–Crippen LogP) is 3.58. The number of hydrogen-bond donors (Lipinski definition) is 1. The zero-order chi connectivity index (χ0) is 14.7. The summed E-state index contributed by atoms with van der Waals surface area (Å²) in [5.74, 6) is -0.163. The number of benzene rings is 2. The van der Waals surface area contributed by atoms with Gasteiger partial charge in [-0.15, -0.1) is 0 Å². The van der Waals surface area contributed by atoms with Crippen LogP contribution in [0.4, 0.5) is 4.39 Å². The number of aliphatic hydroxyl groups excluding tert-OH is 1. The van der Waals surface area contributed by atoms with E-state index in [-0.39, 0.29) is 11.3 Å². The Morgan fingerprint density at radius 1 is 1.05 bits per heavy atom. The summed E-state index contributed by atoms with van der Waals surface area (Å²) in [6.45, 7) is 0. The lowest BCUT2D eigenvalue weighted by molar-refractivity contribution is 0.208. The fourth-order valence-electron chi connectivity index (χ4n) is 2.01. The Morgan fingerprint density at radius 3 is 2.30 bits per heavy atom. The third-order valence-electron chi connectivity index (χ3n) is 3.01. The van der Waals surface area contributed by atoms with Crippen LogP contribution in [0.15, 0.2) is 36.4 Å². The first-order valence-corrected chi connectivity index (χ1v) is 6.30. The van der Waals surface area contributed by atoms with Gasteiger partial charge in [-0.05, 0) is 18.2 Å². The summed E-state index contributed by atoms with van der Waals surface area (Å²) in [5.41, 5.74) is 0.402. The van der Waals surface area contributed by atoms with E-state index in [2.05, 4.69) is 0 Å². The number of rotatable bonds is 4. The molecule has 0 bridgehead atoms. The van der Waals surface area contributed by atoms with Crippen molar-refractivity contribution in [1.82, 2.24) is 0 Å². The van der Waals surface area contributed by atoms with Gasteiger partial charge in [0.1, 0.15) is 11.9 Å². The van der Waals surface area contributed by atoms with Crippen LogP contribution in [0.2, 0.25) is 5.02 Å². The second-order valence-electron chi connectivity index (χ2n) is 4.12. The molecule has 0 aliphatic heterocycles. The molecular formula is C15H14ClFO3. The Hall–Kier alpha value is -1.78. The van der Waals surface area contributed by atoms with E-state index in [1.165, 1.54) is 26.4 Å². The molecule has 2 aromatic carbocycles. The Bertz CT molecular complexity index is 616. The highest BCUT2D eigenvalue weighted by atomic mass is 35.5. The Labute approximate surface area is 121 Å². The van der Waals surface area contributed by atoms with Crippen molar-refractivity contribution in [2.75, 3.05) is 14.2 Å². The molecule has 0 aliphatic carbocycles. The highest BCUT2D eigenvalue weighted by molar-refractivity contribution is 6.31. The lowest BCUT2D eigenvalue weighted by atomic mass is 9.99. The molecular weight excluding hydrogens is 283 g/mol. The average molecular weight is 297 g/mol. The van der Waals surface area contributed by atoms with Gasteiger partial charge in [0.25, 0.3) is 0 Å². The van der Waals surface area contributed by atoms with Gasteiger partial charge in [-0.2, -0.15) is 0 Å². The molecule has 0 heterocycles. The normalized spacial score (nSPS) is 12.1. The molecule has 0 radical (unpaired) electrons. The number of aliphatic hydroxyl groups is 1. The van der Waals surface area contributed by atoms with Crippen molar-refractivity contribution in [2.45, 2.75) is 6.10 Å². The molecule has 0 saturated carbocycles. The van der Waals surface area contributed by atoms with Gasteiger partial charge in [-0.3, -0.25) is 0 Å². The molecule has 20 heavy (non-hydrogen) atoms. The molecule has 1 unspecified atom stereocenters. The van der Waals surface area contributed by atoms with Crippen molar-refractivity contribution in [3.8, 4) is 11.5 Å². The van der Waals surface area contributed by atoms with Gasteiger partial charge in [0.05, 0.1) is 19.2 Å². The molecule has 0 amide bonds. The topological polar surface area (TPSA) is 38.7 Å². The second-order valence-corrected chi connectivity index (χ2v) is 4.53. The fourth-order valence-corrected chi connectivity index (χ4v) is 2.28. The van der Waals surface area contributed by atoms with Crippen LogP contribution in [0.3, 0.4) is 0 Å². The van der Waals surface area contributed by atoms with Crippen LogP contribution < -0.4 is 9.47 Å². The molecule has 0 aromatic heterocycles. The van der Waals surface area contributed by atoms with Crippen LogP contribution in [0.5, 0.6) is 11.5 Å². The monoisotopic (exact) mass is 296 g/mol. The maximum Gasteiger partial charge on any atom is 0.171 e. The second kappa shape index (κ2) is 6.11. The van der Waals surface area contributed by atoms with Gasteiger partial charge in [0.15, 0.2) is 11.6 Å². The number of hydrogen-bond acceptors (Lipinski definition) is 3. The highest BCUT2D eigenvalue weighted by Gasteiger charge is 2.23. The summed E-state index contributed by atoms with van der Waals surface area (Å²) in [6.07, 6.45) is -1.24. The van der Waals surface area contributed by atoms with Crippen LogP contribution in [-0.2, 0) is 0 Å². The zero-order valence-corrected chi connectivity index (χ0v) is 11.8. The van der Waals surface area contributed by atoms with Crippen LogP contribution in [-0.4, -0.2) is 19.3 Å². The molecule has 1 atom stereocenters. The van der Waals surface area contributed by atoms with E-state index < -0.39 is 11.9 Å². The largest absolute Gasteiger partial charge is 0.496 e. The molecule has 0 spiro atoms. The van der Waals surface area contributed by atoms with Crippen molar-refractivity contribution in [3.05, 3.63) is 58.4 Å². The lowest BCUT2D eigenvalue weighted by Gasteiger charge is -2.18. The summed E-state index contributed by atoms with van der Waals surface area (Å²) in [4.78, 5) is 0. The minimum absolute atomic E-state index is 0.0626. The first-order valence-electron chi connectivity index (χ1n) is 5.93. The maximum atomic E-state index is 14.2. The quantitative estimate of drug-likeness (QED) is 0.937. The smallest absolute Gasteiger partial charge is 0.171 e. The van der Waals surface area contributed by atoms with E-state index in [1.807, 2.05) is 0 Å². The summed E-state index contributed by atoms with van der Waals surface area (Å²) in [5, 5.41) is 10.7. The van der Waals surface area contributed by atoms with E-state index in [0.29, 0.717) is 16.3 Å². The molecule has 106 valence electrons. The van der Waals surface area contributed by atoms with Gasteiger partial charge >= 0.3 is 0 Å². The Balaban J connectivity index is 2.55. The molecule has 1 N–H and O–H groups in total. The number of methoxy groups -OCH3 is 2. The molecule has 0 aliphatic rings. The lowest BCUT2D eigenvalue weighted by Crippen LogP contribution is -2.06. The number of ether oxygens (including phenoxy) is 2. The minimum atomic E-state index is -1.24. The van der Waals surface area contributed by atoms with Crippen LogP contribution in [0, 0.1) is 5.82 Å². The molecule has 0 saturated heterocycles. The first kappa shape index (κ1) is 14.6. The van der Waals surface area contributed by atoms with E-state index in [4.69, 9.17) is 21.1 Å². The fraction of sp³-hybridized carbons (Fsp3) is 0.200. The first-order chi connectivity index (χ1) is 9.60. The minimum Gasteiger partial charge on any atom is -0.496 e. The van der Waals surface area contributed by atoms with E-state index in [1.54, 1.807) is 24.3 Å². The van der Waals surface area contributed by atoms with Gasteiger partial charge in [0, 0.05) is 11.1 Å². The SMILES string of the molecule is COc1cccc(C(O)c2c(Cl)cccc2OC)c1F. The van der Waals surface area contributed by atoms with Crippen molar-refractivity contribution >= 4 is 11.6 Å². The van der Waals surface area contributed by atoms with E-state index >= 15 is 0 Å². The molecule has 2 aromatic rings. The number of halogens is 2. The van der Waals surface area contributed by atoms with Gasteiger partial charge in [0.2, 0.25) is 0 Å². The maximum absolute atomic E-state index is 14.2. The van der Waals surface area contributed by atoms with Crippen molar-refractivity contribution < 1.29 is 19.0 Å².